The fraction of sp³-hybridized carbons (Fsp3) is 0.655. The summed E-state index contributed by atoms with van der Waals surface area (Å²) in [7, 11) is 0. The van der Waals surface area contributed by atoms with Crippen molar-refractivity contribution in [1.29, 1.82) is 0 Å². The van der Waals surface area contributed by atoms with Gasteiger partial charge >= 0.3 is 0 Å². The standard InChI is InChI=1S/C29H39N5O5/c30-24-16-33(12-8-19-4-5-20(17-35)34(19)28(24)38)25(36)3-1-2-11-32-13-9-29(10-14-32)18-39-26-22-15-31-27(37)21(22)6-7-23(26)29/h6-7,17,19-20,24H,1-5,8-16,18,30H2,(H,31,37). The van der Waals surface area contributed by atoms with Gasteiger partial charge in [-0.2, -0.15) is 0 Å². The molecule has 210 valence electrons. The molecule has 0 saturated carbocycles. The van der Waals surface area contributed by atoms with Gasteiger partial charge in [0.2, 0.25) is 11.8 Å². The van der Waals surface area contributed by atoms with Crippen molar-refractivity contribution in [2.24, 2.45) is 5.73 Å². The van der Waals surface area contributed by atoms with Crippen molar-refractivity contribution in [2.75, 3.05) is 39.3 Å². The van der Waals surface area contributed by atoms with Gasteiger partial charge in [0, 0.05) is 54.2 Å². The van der Waals surface area contributed by atoms with Crippen molar-refractivity contribution in [3.63, 3.8) is 0 Å². The normalized spacial score (nSPS) is 27.9. The lowest BCUT2D eigenvalue weighted by Crippen LogP contribution is -2.57. The SMILES string of the molecule is NC1CN(C(=O)CCCCN2CCC3(CC2)COc2c3ccc3c2CNC3=O)CCC2CCC(C=O)N2C1=O. The average molecular weight is 538 g/mol. The Hall–Kier alpha value is -2.98. The van der Waals surface area contributed by atoms with Crippen molar-refractivity contribution in [3.8, 4) is 5.75 Å². The van der Waals surface area contributed by atoms with Crippen molar-refractivity contribution in [3.05, 3.63) is 28.8 Å². The Labute approximate surface area is 229 Å². The number of carbonyl (C=O) groups is 4. The zero-order valence-corrected chi connectivity index (χ0v) is 22.5. The van der Waals surface area contributed by atoms with Gasteiger partial charge in [-0.3, -0.25) is 14.4 Å². The maximum absolute atomic E-state index is 13.0. The molecule has 0 aliphatic carbocycles. The number of ether oxygens (including phenoxy) is 1. The molecule has 5 aliphatic rings. The van der Waals surface area contributed by atoms with Crippen molar-refractivity contribution in [2.45, 2.75) is 81.5 Å². The van der Waals surface area contributed by atoms with Crippen molar-refractivity contribution >= 4 is 24.0 Å². The van der Waals surface area contributed by atoms with E-state index in [1.165, 1.54) is 5.56 Å². The number of fused-ring (bicyclic) bond motifs is 5. The van der Waals surface area contributed by atoms with Crippen LogP contribution in [0.2, 0.25) is 0 Å². The van der Waals surface area contributed by atoms with E-state index in [-0.39, 0.29) is 41.8 Å². The molecule has 1 aromatic carbocycles. The molecular weight excluding hydrogens is 498 g/mol. The lowest BCUT2D eigenvalue weighted by Gasteiger charge is -2.38. The van der Waals surface area contributed by atoms with Gasteiger partial charge in [0.05, 0.1) is 12.6 Å². The molecule has 5 heterocycles. The second-order valence-electron chi connectivity index (χ2n) is 11.9. The van der Waals surface area contributed by atoms with Gasteiger partial charge in [0.25, 0.3) is 5.91 Å². The first-order valence-electron chi connectivity index (χ1n) is 14.5. The number of rotatable bonds is 6. The first-order chi connectivity index (χ1) is 18.9. The van der Waals surface area contributed by atoms with Crippen LogP contribution in [0.1, 0.15) is 72.9 Å². The lowest BCUT2D eigenvalue weighted by molar-refractivity contribution is -0.142. The summed E-state index contributed by atoms with van der Waals surface area (Å²) in [5, 5.41) is 2.90. The smallest absolute Gasteiger partial charge is 0.252 e. The topological polar surface area (TPSA) is 125 Å². The summed E-state index contributed by atoms with van der Waals surface area (Å²) in [5.41, 5.74) is 9.23. The highest BCUT2D eigenvalue weighted by atomic mass is 16.5. The largest absolute Gasteiger partial charge is 0.492 e. The fourth-order valence-electron chi connectivity index (χ4n) is 7.34. The molecule has 1 aromatic rings. The maximum atomic E-state index is 13.0. The lowest BCUT2D eigenvalue weighted by atomic mass is 9.74. The van der Waals surface area contributed by atoms with Crippen LogP contribution < -0.4 is 15.8 Å². The van der Waals surface area contributed by atoms with Crippen LogP contribution in [-0.4, -0.2) is 96.2 Å². The Kier molecular flexibility index (Phi) is 7.09. The Morgan fingerprint density at radius 2 is 1.95 bits per heavy atom. The van der Waals surface area contributed by atoms with Crippen LogP contribution in [0.25, 0.3) is 0 Å². The number of unbranched alkanes of at least 4 members (excludes halogenated alkanes) is 1. The molecule has 0 radical (unpaired) electrons. The predicted octanol–water partition coefficient (Wildman–Crippen LogP) is 0.944. The van der Waals surface area contributed by atoms with E-state index in [1.54, 1.807) is 9.80 Å². The first kappa shape index (κ1) is 26.3. The number of piperidine rings is 1. The average Bonchev–Trinajstić information content (AvgIpc) is 3.64. The molecule has 3 saturated heterocycles. The van der Waals surface area contributed by atoms with Gasteiger partial charge in [0.15, 0.2) is 0 Å². The number of nitrogens with one attached hydrogen (secondary N) is 1. The number of hydrogen-bond acceptors (Lipinski definition) is 7. The number of nitrogens with zero attached hydrogens (tertiary/aromatic N) is 3. The molecule has 10 heteroatoms. The monoisotopic (exact) mass is 537 g/mol. The molecule has 5 aliphatic heterocycles. The highest BCUT2D eigenvalue weighted by molar-refractivity contribution is 5.99. The number of hydrogen-bond donors (Lipinski definition) is 2. The number of nitrogens with two attached hydrogens (primary N) is 1. The number of amides is 3. The van der Waals surface area contributed by atoms with Gasteiger partial charge in [-0.25, -0.2) is 0 Å². The quantitative estimate of drug-likeness (QED) is 0.409. The van der Waals surface area contributed by atoms with Crippen LogP contribution in [0.4, 0.5) is 0 Å². The molecule has 3 N–H and O–H groups in total. The Morgan fingerprint density at radius 3 is 2.74 bits per heavy atom. The van der Waals surface area contributed by atoms with Crippen LogP contribution in [0, 0.1) is 0 Å². The van der Waals surface area contributed by atoms with E-state index in [1.807, 2.05) is 6.07 Å². The second-order valence-corrected chi connectivity index (χ2v) is 11.9. The van der Waals surface area contributed by atoms with Crippen LogP contribution in [0.5, 0.6) is 5.75 Å². The number of aldehydes is 1. The second kappa shape index (κ2) is 10.5. The minimum atomic E-state index is -0.777. The van der Waals surface area contributed by atoms with Gasteiger partial charge in [-0.1, -0.05) is 6.07 Å². The van der Waals surface area contributed by atoms with E-state index < -0.39 is 6.04 Å². The first-order valence-corrected chi connectivity index (χ1v) is 14.5. The number of carbonyl (C=O) groups excluding carboxylic acids is 4. The third-order valence-corrected chi connectivity index (χ3v) is 9.70. The molecule has 3 unspecified atom stereocenters. The fourth-order valence-corrected chi connectivity index (χ4v) is 7.34. The number of benzene rings is 1. The molecule has 0 aromatic heterocycles. The van der Waals surface area contributed by atoms with Crippen LogP contribution in [0.15, 0.2) is 12.1 Å². The van der Waals surface area contributed by atoms with Crippen LogP contribution in [-0.2, 0) is 26.3 Å². The van der Waals surface area contributed by atoms with Gasteiger partial charge in [0.1, 0.15) is 18.1 Å². The van der Waals surface area contributed by atoms with Gasteiger partial charge < -0.3 is 35.3 Å². The summed E-state index contributed by atoms with van der Waals surface area (Å²) in [6.45, 7) is 4.99. The minimum Gasteiger partial charge on any atom is -0.492 e. The van der Waals surface area contributed by atoms with E-state index >= 15 is 0 Å². The molecule has 3 fully saturated rings. The molecule has 0 bridgehead atoms. The summed E-state index contributed by atoms with van der Waals surface area (Å²) in [4.78, 5) is 55.2. The molecular formula is C29H39N5O5. The minimum absolute atomic E-state index is 0.00551. The maximum Gasteiger partial charge on any atom is 0.252 e. The summed E-state index contributed by atoms with van der Waals surface area (Å²) in [5.74, 6) is 0.767. The molecule has 3 atom stereocenters. The Balaban J connectivity index is 0.958. The number of likely N-dealkylation sites (tertiary alicyclic amines) is 1. The van der Waals surface area contributed by atoms with Crippen LogP contribution in [0.3, 0.4) is 0 Å². The van der Waals surface area contributed by atoms with Crippen molar-refractivity contribution < 1.29 is 23.9 Å². The zero-order valence-electron chi connectivity index (χ0n) is 22.5. The summed E-state index contributed by atoms with van der Waals surface area (Å²) < 4.78 is 6.16. The van der Waals surface area contributed by atoms with Crippen molar-refractivity contribution in [1.82, 2.24) is 20.0 Å². The van der Waals surface area contributed by atoms with E-state index in [0.717, 1.165) is 74.9 Å². The zero-order chi connectivity index (χ0) is 27.1. The Bertz CT molecular complexity index is 1160. The van der Waals surface area contributed by atoms with E-state index in [2.05, 4.69) is 16.3 Å². The van der Waals surface area contributed by atoms with E-state index in [4.69, 9.17) is 10.5 Å². The molecule has 6 rings (SSSR count). The van der Waals surface area contributed by atoms with E-state index in [0.29, 0.717) is 39.0 Å². The highest BCUT2D eigenvalue weighted by Gasteiger charge is 2.45. The van der Waals surface area contributed by atoms with Gasteiger partial charge in [-0.15, -0.1) is 0 Å². The predicted molar refractivity (Wildman–Crippen MR) is 143 cm³/mol. The van der Waals surface area contributed by atoms with Crippen LogP contribution >= 0.6 is 0 Å². The highest BCUT2D eigenvalue weighted by Crippen LogP contribution is 2.48. The van der Waals surface area contributed by atoms with Gasteiger partial charge in [-0.05, 0) is 70.6 Å². The molecule has 39 heavy (non-hydrogen) atoms. The summed E-state index contributed by atoms with van der Waals surface area (Å²) in [6.07, 6.45) is 7.30. The third-order valence-electron chi connectivity index (χ3n) is 9.70. The summed E-state index contributed by atoms with van der Waals surface area (Å²) >= 11 is 0. The van der Waals surface area contributed by atoms with E-state index in [9.17, 15) is 19.2 Å². The molecule has 3 amide bonds. The Morgan fingerprint density at radius 1 is 1.13 bits per heavy atom. The molecule has 1 spiro atoms. The molecule has 10 nitrogen and oxygen atoms in total. The third kappa shape index (κ3) is 4.71. The summed E-state index contributed by atoms with van der Waals surface area (Å²) in [6, 6.07) is 2.90.